The molecular formula is C34H36N2O9S. The molecule has 0 fully saturated rings. The van der Waals surface area contributed by atoms with Crippen LogP contribution < -0.4 is 15.5 Å². The summed E-state index contributed by atoms with van der Waals surface area (Å²) in [5.74, 6) is -0.553. The molecule has 0 radical (unpaired) electrons. The van der Waals surface area contributed by atoms with Crippen LogP contribution >= 0.6 is 0 Å². The molecule has 1 aromatic heterocycles. The van der Waals surface area contributed by atoms with E-state index in [1.54, 1.807) is 42.5 Å². The fourth-order valence-electron chi connectivity index (χ4n) is 5.18. The largest absolute Gasteiger partial charge is 0.497 e. The Kier molecular flexibility index (Phi) is 10.9. The number of ether oxygens (including phenoxy) is 3. The number of aliphatic hydroxyl groups is 1. The number of carbonyl (C=O) groups excluding carboxylic acids is 1. The molecule has 0 saturated heterocycles. The molecule has 4 aromatic rings. The number of amides is 1. The van der Waals surface area contributed by atoms with Gasteiger partial charge in [0.15, 0.2) is 11.2 Å². The van der Waals surface area contributed by atoms with Crippen molar-refractivity contribution < 1.29 is 36.9 Å². The maximum Gasteiger partial charge on any atom is 0.286 e. The molecule has 0 bridgehead atoms. The van der Waals surface area contributed by atoms with Gasteiger partial charge in [-0.05, 0) is 54.5 Å². The second-order valence-electron chi connectivity index (χ2n) is 10.6. The molecule has 12 heteroatoms. The van der Waals surface area contributed by atoms with Gasteiger partial charge in [0, 0.05) is 37.5 Å². The highest BCUT2D eigenvalue weighted by atomic mass is 32.2. The lowest BCUT2D eigenvalue weighted by Gasteiger charge is -2.30. The summed E-state index contributed by atoms with van der Waals surface area (Å²) in [5, 5.41) is 12.9. The minimum absolute atomic E-state index is 0.0139. The first-order chi connectivity index (χ1) is 22.3. The SMILES string of the molecule is COc1ccc(S(=O)(=O)N(CCO)CCO[C@@H]2C[C@H](c3coc4ccccc4c3=O)C=C(C(=O)NCCc3ccccc3)O2)cc1. The number of allylic oxidation sites excluding steroid dienone is 1. The van der Waals surface area contributed by atoms with E-state index in [9.17, 15) is 23.1 Å². The predicted octanol–water partition coefficient (Wildman–Crippen LogP) is 3.57. The molecule has 242 valence electrons. The first kappa shape index (κ1) is 32.9. The van der Waals surface area contributed by atoms with Crippen molar-refractivity contribution >= 4 is 26.9 Å². The molecule has 1 aliphatic rings. The lowest BCUT2D eigenvalue weighted by atomic mass is 9.93. The molecule has 1 aliphatic heterocycles. The third-order valence-electron chi connectivity index (χ3n) is 7.62. The summed E-state index contributed by atoms with van der Waals surface area (Å²) in [7, 11) is -2.48. The monoisotopic (exact) mass is 648 g/mol. The number of hydrogen-bond donors (Lipinski definition) is 2. The van der Waals surface area contributed by atoms with Crippen LogP contribution in [0.5, 0.6) is 5.75 Å². The Morgan fingerprint density at radius 1 is 1.02 bits per heavy atom. The Hall–Kier alpha value is -4.49. The van der Waals surface area contributed by atoms with Crippen molar-refractivity contribution in [2.24, 2.45) is 0 Å². The van der Waals surface area contributed by atoms with E-state index >= 15 is 0 Å². The summed E-state index contributed by atoms with van der Waals surface area (Å²) in [6.07, 6.45) is 2.79. The van der Waals surface area contributed by atoms with Crippen molar-refractivity contribution in [3.63, 3.8) is 0 Å². The topological polar surface area (TPSA) is 145 Å². The van der Waals surface area contributed by atoms with Crippen molar-refractivity contribution in [2.45, 2.75) is 29.9 Å². The van der Waals surface area contributed by atoms with Crippen LogP contribution in [0, 0.1) is 0 Å². The molecule has 5 rings (SSSR count). The van der Waals surface area contributed by atoms with E-state index in [1.165, 1.54) is 25.5 Å². The smallest absolute Gasteiger partial charge is 0.286 e. The number of fused-ring (bicyclic) bond motifs is 1. The molecule has 3 aromatic carbocycles. The van der Waals surface area contributed by atoms with Gasteiger partial charge in [-0.3, -0.25) is 9.59 Å². The predicted molar refractivity (Wildman–Crippen MR) is 171 cm³/mol. The van der Waals surface area contributed by atoms with Gasteiger partial charge in [0.1, 0.15) is 11.3 Å². The third-order valence-corrected chi connectivity index (χ3v) is 9.53. The van der Waals surface area contributed by atoms with E-state index in [2.05, 4.69) is 5.32 Å². The second kappa shape index (κ2) is 15.2. The summed E-state index contributed by atoms with van der Waals surface area (Å²) >= 11 is 0. The molecule has 2 N–H and O–H groups in total. The van der Waals surface area contributed by atoms with Crippen LogP contribution in [0.25, 0.3) is 11.0 Å². The fourth-order valence-corrected chi connectivity index (χ4v) is 6.60. The number of carbonyl (C=O) groups is 1. The summed E-state index contributed by atoms with van der Waals surface area (Å²) < 4.78 is 50.5. The average Bonchev–Trinajstić information content (AvgIpc) is 3.08. The van der Waals surface area contributed by atoms with Gasteiger partial charge < -0.3 is 29.1 Å². The van der Waals surface area contributed by atoms with Crippen molar-refractivity contribution in [3.05, 3.63) is 118 Å². The molecule has 0 unspecified atom stereocenters. The van der Waals surface area contributed by atoms with Gasteiger partial charge in [-0.1, -0.05) is 42.5 Å². The van der Waals surface area contributed by atoms with Crippen molar-refractivity contribution in [1.82, 2.24) is 9.62 Å². The maximum atomic E-state index is 13.4. The van der Waals surface area contributed by atoms with Crippen LogP contribution in [0.15, 0.2) is 111 Å². The van der Waals surface area contributed by atoms with Crippen LogP contribution in [-0.2, 0) is 30.7 Å². The van der Waals surface area contributed by atoms with Crippen molar-refractivity contribution in [1.29, 1.82) is 0 Å². The number of sulfonamides is 1. The summed E-state index contributed by atoms with van der Waals surface area (Å²) in [6, 6.07) is 22.6. The zero-order chi connectivity index (χ0) is 32.5. The highest BCUT2D eigenvalue weighted by Crippen LogP contribution is 2.31. The summed E-state index contributed by atoms with van der Waals surface area (Å²) in [4.78, 5) is 26.7. The van der Waals surface area contributed by atoms with Crippen molar-refractivity contribution in [3.8, 4) is 5.75 Å². The molecule has 0 spiro atoms. The maximum absolute atomic E-state index is 13.4. The quantitative estimate of drug-likeness (QED) is 0.210. The first-order valence-corrected chi connectivity index (χ1v) is 16.3. The minimum atomic E-state index is -3.96. The number of aliphatic hydroxyl groups excluding tert-OH is 1. The van der Waals surface area contributed by atoms with Crippen LogP contribution in [0.4, 0.5) is 0 Å². The van der Waals surface area contributed by atoms with Crippen LogP contribution in [0.3, 0.4) is 0 Å². The number of methoxy groups -OCH3 is 1. The molecule has 1 amide bonds. The number of benzene rings is 3. The number of nitrogens with zero attached hydrogens (tertiary/aromatic N) is 1. The highest BCUT2D eigenvalue weighted by Gasteiger charge is 2.31. The van der Waals surface area contributed by atoms with Gasteiger partial charge in [-0.15, -0.1) is 0 Å². The Morgan fingerprint density at radius 2 is 1.76 bits per heavy atom. The van der Waals surface area contributed by atoms with Crippen LogP contribution in [-0.4, -0.2) is 70.0 Å². The van der Waals surface area contributed by atoms with E-state index in [-0.39, 0.29) is 42.2 Å². The molecule has 0 saturated carbocycles. The zero-order valence-electron chi connectivity index (χ0n) is 25.3. The van der Waals surface area contributed by atoms with E-state index in [4.69, 9.17) is 18.6 Å². The van der Waals surface area contributed by atoms with Crippen LogP contribution in [0.1, 0.15) is 23.5 Å². The van der Waals surface area contributed by atoms with E-state index in [0.717, 1.165) is 9.87 Å². The first-order valence-electron chi connectivity index (χ1n) is 14.9. The van der Waals surface area contributed by atoms with Crippen molar-refractivity contribution in [2.75, 3.05) is 40.0 Å². The number of hydrogen-bond acceptors (Lipinski definition) is 9. The number of para-hydroxylation sites is 1. The highest BCUT2D eigenvalue weighted by molar-refractivity contribution is 7.89. The van der Waals surface area contributed by atoms with Gasteiger partial charge >= 0.3 is 0 Å². The van der Waals surface area contributed by atoms with Gasteiger partial charge in [0.2, 0.25) is 16.3 Å². The van der Waals surface area contributed by atoms with Gasteiger partial charge in [-0.2, -0.15) is 4.31 Å². The van der Waals surface area contributed by atoms with E-state index < -0.39 is 34.7 Å². The van der Waals surface area contributed by atoms with Gasteiger partial charge in [0.05, 0.1) is 36.9 Å². The Bertz CT molecular complexity index is 1820. The molecule has 46 heavy (non-hydrogen) atoms. The second-order valence-corrected chi connectivity index (χ2v) is 12.5. The van der Waals surface area contributed by atoms with Gasteiger partial charge in [-0.25, -0.2) is 8.42 Å². The Morgan fingerprint density at radius 3 is 2.50 bits per heavy atom. The zero-order valence-corrected chi connectivity index (χ0v) is 26.1. The van der Waals surface area contributed by atoms with E-state index in [1.807, 2.05) is 30.3 Å². The lowest BCUT2D eigenvalue weighted by Crippen LogP contribution is -2.38. The fraction of sp³-hybridized carbons (Fsp3) is 0.294. The van der Waals surface area contributed by atoms with Gasteiger partial charge in [0.25, 0.3) is 5.91 Å². The summed E-state index contributed by atoms with van der Waals surface area (Å²) in [5.41, 5.74) is 1.62. The molecule has 11 nitrogen and oxygen atoms in total. The molecule has 0 aliphatic carbocycles. The molecule has 2 heterocycles. The average molecular weight is 649 g/mol. The van der Waals surface area contributed by atoms with Crippen LogP contribution in [0.2, 0.25) is 0 Å². The Labute approximate surface area is 267 Å². The Balaban J connectivity index is 1.32. The number of rotatable bonds is 14. The van der Waals surface area contributed by atoms with E-state index in [0.29, 0.717) is 35.2 Å². The summed E-state index contributed by atoms with van der Waals surface area (Å²) in [6.45, 7) is -0.400. The molecular weight excluding hydrogens is 612 g/mol. The lowest BCUT2D eigenvalue weighted by molar-refractivity contribution is -0.146. The number of nitrogens with one attached hydrogen (secondary N) is 1. The standard InChI is InChI=1S/C34H36N2O9S/c1-42-26-11-13-27(14-12-26)46(40,41)36(17-19-37)18-20-43-32-22-25(29-23-44-30-10-6-5-9-28(30)33(29)38)21-31(45-32)34(39)35-16-15-24-7-3-2-4-8-24/h2-14,21,23,25,32,37H,15-20,22H2,1H3,(H,35,39)/t25-,32+/m1/s1. The normalized spacial score (nSPS) is 16.5. The molecule has 2 atom stereocenters. The minimum Gasteiger partial charge on any atom is -0.497 e. The third kappa shape index (κ3) is 7.83.